The van der Waals surface area contributed by atoms with Crippen LogP contribution in [0.1, 0.15) is 26.2 Å². The van der Waals surface area contributed by atoms with Crippen molar-refractivity contribution in [3.63, 3.8) is 0 Å². The van der Waals surface area contributed by atoms with Gasteiger partial charge in [-0.1, -0.05) is 19.1 Å². The molecule has 10 heteroatoms. The Morgan fingerprint density at radius 2 is 1.74 bits per heavy atom. The third kappa shape index (κ3) is 9.40. The van der Waals surface area contributed by atoms with Crippen molar-refractivity contribution in [3.05, 3.63) is 24.3 Å². The summed E-state index contributed by atoms with van der Waals surface area (Å²) in [5, 5.41) is 2.23. The van der Waals surface area contributed by atoms with E-state index in [2.05, 4.69) is 16.2 Å². The Balaban J connectivity index is 2.24. The van der Waals surface area contributed by atoms with Crippen LogP contribution in [0.2, 0.25) is 0 Å². The van der Waals surface area contributed by atoms with E-state index in [4.69, 9.17) is 26.4 Å². The highest BCUT2D eigenvalue weighted by Gasteiger charge is 2.10. The SMILES string of the molecule is CCCOC(=O)CCC(=O)NC(=S)NNC(=O)COc1ccccc1OC. The molecule has 148 valence electrons. The molecule has 0 spiro atoms. The van der Waals surface area contributed by atoms with Gasteiger partial charge in [0.25, 0.3) is 5.91 Å². The lowest BCUT2D eigenvalue weighted by Crippen LogP contribution is -2.49. The van der Waals surface area contributed by atoms with E-state index in [1.54, 1.807) is 24.3 Å². The zero-order valence-electron chi connectivity index (χ0n) is 15.2. The fourth-order valence-corrected chi connectivity index (χ4v) is 1.93. The van der Waals surface area contributed by atoms with Gasteiger partial charge in [0.15, 0.2) is 23.2 Å². The van der Waals surface area contributed by atoms with Crippen LogP contribution in [0, 0.1) is 0 Å². The van der Waals surface area contributed by atoms with Crippen LogP contribution in [-0.2, 0) is 19.1 Å². The molecule has 0 unspecified atom stereocenters. The molecular formula is C17H23N3O6S. The molecule has 0 fully saturated rings. The van der Waals surface area contributed by atoms with Crippen LogP contribution in [-0.4, -0.2) is 43.2 Å². The largest absolute Gasteiger partial charge is 0.493 e. The molecule has 3 N–H and O–H groups in total. The van der Waals surface area contributed by atoms with Gasteiger partial charge in [-0.05, 0) is 30.8 Å². The number of hydrogen-bond donors (Lipinski definition) is 3. The Hall–Kier alpha value is -2.88. The zero-order chi connectivity index (χ0) is 20.1. The number of nitrogens with one attached hydrogen (secondary N) is 3. The van der Waals surface area contributed by atoms with Crippen molar-refractivity contribution >= 4 is 35.1 Å². The summed E-state index contributed by atoms with van der Waals surface area (Å²) in [5.74, 6) is -0.520. The highest BCUT2D eigenvalue weighted by atomic mass is 32.1. The minimum atomic E-state index is -0.513. The average Bonchev–Trinajstić information content (AvgIpc) is 2.67. The molecule has 0 heterocycles. The molecule has 1 aromatic carbocycles. The highest BCUT2D eigenvalue weighted by Crippen LogP contribution is 2.25. The Morgan fingerprint density at radius 3 is 2.41 bits per heavy atom. The predicted octanol–water partition coefficient (Wildman–Crippen LogP) is 0.829. The number of thiocarbonyl (C=S) groups is 1. The normalized spacial score (nSPS) is 9.70. The summed E-state index contributed by atoms with van der Waals surface area (Å²) in [6.07, 6.45) is 0.592. The van der Waals surface area contributed by atoms with Crippen LogP contribution in [0.3, 0.4) is 0 Å². The molecular weight excluding hydrogens is 374 g/mol. The lowest BCUT2D eigenvalue weighted by atomic mass is 10.3. The minimum Gasteiger partial charge on any atom is -0.493 e. The lowest BCUT2D eigenvalue weighted by Gasteiger charge is -2.12. The lowest BCUT2D eigenvalue weighted by molar-refractivity contribution is -0.144. The van der Waals surface area contributed by atoms with Gasteiger partial charge in [0.05, 0.1) is 20.1 Å². The number of rotatable bonds is 9. The standard InChI is InChI=1S/C17H23N3O6S/c1-3-10-25-16(23)9-8-14(21)18-17(27)20-19-15(22)11-26-13-7-5-4-6-12(13)24-2/h4-7H,3,8-11H2,1-2H3,(H,19,22)(H2,18,20,21,27). The van der Waals surface area contributed by atoms with Gasteiger partial charge in [-0.15, -0.1) is 0 Å². The van der Waals surface area contributed by atoms with Crippen molar-refractivity contribution in [1.29, 1.82) is 0 Å². The topological polar surface area (TPSA) is 115 Å². The first kappa shape index (κ1) is 22.2. The summed E-state index contributed by atoms with van der Waals surface area (Å²) < 4.78 is 15.3. The summed E-state index contributed by atoms with van der Waals surface area (Å²) in [5.41, 5.74) is 4.66. The van der Waals surface area contributed by atoms with Crippen molar-refractivity contribution < 1.29 is 28.6 Å². The quantitative estimate of drug-likeness (QED) is 0.319. The molecule has 9 nitrogen and oxygen atoms in total. The van der Waals surface area contributed by atoms with Gasteiger partial charge in [0.2, 0.25) is 5.91 Å². The van der Waals surface area contributed by atoms with E-state index < -0.39 is 17.8 Å². The first-order valence-electron chi connectivity index (χ1n) is 8.26. The summed E-state index contributed by atoms with van der Waals surface area (Å²) in [7, 11) is 1.49. The molecule has 0 radical (unpaired) electrons. The molecule has 0 aliphatic heterocycles. The molecule has 0 aliphatic rings. The second kappa shape index (κ2) is 12.5. The number of carbonyl (C=O) groups is 3. The van der Waals surface area contributed by atoms with Crippen molar-refractivity contribution in [2.45, 2.75) is 26.2 Å². The summed E-state index contributed by atoms with van der Waals surface area (Å²) in [6.45, 7) is 1.91. The zero-order valence-corrected chi connectivity index (χ0v) is 16.0. The monoisotopic (exact) mass is 397 g/mol. The molecule has 0 bridgehead atoms. The van der Waals surface area contributed by atoms with Gasteiger partial charge in [0, 0.05) is 6.42 Å². The number of benzene rings is 1. The third-order valence-corrected chi connectivity index (χ3v) is 3.22. The van der Waals surface area contributed by atoms with Crippen molar-refractivity contribution in [1.82, 2.24) is 16.2 Å². The van der Waals surface area contributed by atoms with Crippen LogP contribution in [0.15, 0.2) is 24.3 Å². The number of ether oxygens (including phenoxy) is 3. The van der Waals surface area contributed by atoms with Gasteiger partial charge in [-0.3, -0.25) is 25.2 Å². The maximum Gasteiger partial charge on any atom is 0.306 e. The molecule has 1 aromatic rings. The maximum atomic E-state index is 11.7. The smallest absolute Gasteiger partial charge is 0.306 e. The Labute approximate surface area is 162 Å². The fourth-order valence-electron chi connectivity index (χ4n) is 1.77. The molecule has 1 rings (SSSR count). The number of amides is 2. The van der Waals surface area contributed by atoms with E-state index in [1.807, 2.05) is 6.92 Å². The molecule has 27 heavy (non-hydrogen) atoms. The van der Waals surface area contributed by atoms with Crippen LogP contribution in [0.5, 0.6) is 11.5 Å². The van der Waals surface area contributed by atoms with E-state index in [0.717, 1.165) is 0 Å². The number of para-hydroxylation sites is 2. The first-order valence-corrected chi connectivity index (χ1v) is 8.67. The summed E-state index contributed by atoms with van der Waals surface area (Å²) in [6, 6.07) is 6.89. The molecule has 0 aliphatic carbocycles. The Kier molecular flexibility index (Phi) is 10.2. The third-order valence-electron chi connectivity index (χ3n) is 3.02. The summed E-state index contributed by atoms with van der Waals surface area (Å²) >= 11 is 4.88. The van der Waals surface area contributed by atoms with Gasteiger partial charge in [-0.2, -0.15) is 0 Å². The van der Waals surface area contributed by atoms with Gasteiger partial charge < -0.3 is 19.5 Å². The molecule has 0 atom stereocenters. The maximum absolute atomic E-state index is 11.7. The Morgan fingerprint density at radius 1 is 1.04 bits per heavy atom. The number of carbonyl (C=O) groups excluding carboxylic acids is 3. The van der Waals surface area contributed by atoms with Gasteiger partial charge in [-0.25, -0.2) is 0 Å². The second-order valence-electron chi connectivity index (χ2n) is 5.21. The summed E-state index contributed by atoms with van der Waals surface area (Å²) in [4.78, 5) is 34.7. The van der Waals surface area contributed by atoms with Crippen LogP contribution >= 0.6 is 12.2 Å². The fraction of sp³-hybridized carbons (Fsp3) is 0.412. The Bertz CT molecular complexity index is 668. The predicted molar refractivity (Wildman–Crippen MR) is 101 cm³/mol. The highest BCUT2D eigenvalue weighted by molar-refractivity contribution is 7.80. The number of methoxy groups -OCH3 is 1. The van der Waals surface area contributed by atoms with Gasteiger partial charge in [0.1, 0.15) is 0 Å². The molecule has 0 saturated carbocycles. The first-order chi connectivity index (χ1) is 13.0. The number of esters is 1. The van der Waals surface area contributed by atoms with Crippen LogP contribution in [0.4, 0.5) is 0 Å². The van der Waals surface area contributed by atoms with Crippen molar-refractivity contribution in [3.8, 4) is 11.5 Å². The van der Waals surface area contributed by atoms with Crippen molar-refractivity contribution in [2.75, 3.05) is 20.3 Å². The average molecular weight is 397 g/mol. The van der Waals surface area contributed by atoms with Crippen LogP contribution < -0.4 is 25.6 Å². The van der Waals surface area contributed by atoms with E-state index in [0.29, 0.717) is 24.5 Å². The van der Waals surface area contributed by atoms with Crippen molar-refractivity contribution in [2.24, 2.45) is 0 Å². The molecule has 0 saturated heterocycles. The van der Waals surface area contributed by atoms with Gasteiger partial charge >= 0.3 is 5.97 Å². The van der Waals surface area contributed by atoms with E-state index >= 15 is 0 Å². The number of hydrazine groups is 1. The van der Waals surface area contributed by atoms with E-state index in [1.165, 1.54) is 7.11 Å². The second-order valence-corrected chi connectivity index (χ2v) is 5.62. The van der Waals surface area contributed by atoms with Crippen LogP contribution in [0.25, 0.3) is 0 Å². The minimum absolute atomic E-state index is 0.0481. The molecule has 0 aromatic heterocycles. The molecule has 2 amide bonds. The van der Waals surface area contributed by atoms with E-state index in [-0.39, 0.29) is 24.6 Å². The number of hydrogen-bond acceptors (Lipinski definition) is 7. The van der Waals surface area contributed by atoms with E-state index in [9.17, 15) is 14.4 Å².